The lowest BCUT2D eigenvalue weighted by atomic mass is 10.2. The van der Waals surface area contributed by atoms with Gasteiger partial charge in [0, 0.05) is 45.2 Å². The summed E-state index contributed by atoms with van der Waals surface area (Å²) in [5.74, 6) is 1.17. The number of fused-ring (bicyclic) bond motifs is 1. The quantitative estimate of drug-likeness (QED) is 0.776. The van der Waals surface area contributed by atoms with Crippen LogP contribution < -0.4 is 5.32 Å². The fourth-order valence-corrected chi connectivity index (χ4v) is 2.42. The predicted molar refractivity (Wildman–Crippen MR) is 71.5 cm³/mol. The van der Waals surface area contributed by atoms with Gasteiger partial charge in [0.2, 0.25) is 0 Å². The van der Waals surface area contributed by atoms with Crippen LogP contribution in [0, 0.1) is 0 Å². The Hall–Kier alpha value is -0.910. The maximum Gasteiger partial charge on any atom is 0.122 e. The predicted octanol–water partition coefficient (Wildman–Crippen LogP) is 0.713. The highest BCUT2D eigenvalue weighted by Crippen LogP contribution is 2.10. The van der Waals surface area contributed by atoms with Crippen LogP contribution in [0.2, 0.25) is 0 Å². The normalized spacial score (nSPS) is 17.7. The van der Waals surface area contributed by atoms with E-state index in [9.17, 15) is 0 Å². The van der Waals surface area contributed by atoms with Crippen molar-refractivity contribution in [2.75, 3.05) is 33.4 Å². The second-order valence-electron chi connectivity index (χ2n) is 4.88. The lowest BCUT2D eigenvalue weighted by molar-refractivity contribution is 0.125. The Balaban J connectivity index is 1.84. The monoisotopic (exact) mass is 252 g/mol. The van der Waals surface area contributed by atoms with Crippen molar-refractivity contribution in [3.05, 3.63) is 18.2 Å². The molecule has 1 aromatic heterocycles. The number of rotatable bonds is 7. The summed E-state index contributed by atoms with van der Waals surface area (Å²) in [5.41, 5.74) is 0. The van der Waals surface area contributed by atoms with Gasteiger partial charge in [0.05, 0.1) is 13.2 Å². The van der Waals surface area contributed by atoms with Crippen LogP contribution in [0.1, 0.15) is 19.2 Å². The van der Waals surface area contributed by atoms with Crippen LogP contribution in [0.4, 0.5) is 0 Å². The summed E-state index contributed by atoms with van der Waals surface area (Å²) < 4.78 is 7.52. The highest BCUT2D eigenvalue weighted by molar-refractivity contribution is 4.96. The van der Waals surface area contributed by atoms with Gasteiger partial charge in [-0.05, 0) is 13.0 Å². The molecule has 0 aromatic carbocycles. The van der Waals surface area contributed by atoms with Gasteiger partial charge < -0.3 is 14.6 Å². The lowest BCUT2D eigenvalue weighted by Crippen LogP contribution is -2.46. The van der Waals surface area contributed by atoms with E-state index in [2.05, 4.69) is 32.9 Å². The fraction of sp³-hybridized carbons (Fsp3) is 0.769. The lowest BCUT2D eigenvalue weighted by Gasteiger charge is -2.31. The highest BCUT2D eigenvalue weighted by atomic mass is 16.5. The van der Waals surface area contributed by atoms with Gasteiger partial charge in [-0.3, -0.25) is 4.90 Å². The number of nitrogens with zero attached hydrogens (tertiary/aromatic N) is 3. The summed E-state index contributed by atoms with van der Waals surface area (Å²) in [5, 5.41) is 3.54. The summed E-state index contributed by atoms with van der Waals surface area (Å²) in [4.78, 5) is 6.85. The topological polar surface area (TPSA) is 42.3 Å². The second kappa shape index (κ2) is 6.87. The molecule has 0 saturated heterocycles. The Morgan fingerprint density at radius 2 is 2.39 bits per heavy atom. The largest absolute Gasteiger partial charge is 0.383 e. The van der Waals surface area contributed by atoms with Crippen molar-refractivity contribution in [3.63, 3.8) is 0 Å². The number of nitrogens with one attached hydrogen (secondary N) is 1. The molecule has 1 unspecified atom stereocenters. The molecular formula is C13H24N4O. The standard InChI is InChI=1S/C13H24N4O/c1-3-4-14-12(11-18-2)9-16-7-8-17-6-5-15-13(17)10-16/h5-6,12,14H,3-4,7-11H2,1-2H3. The van der Waals surface area contributed by atoms with E-state index in [1.54, 1.807) is 7.11 Å². The average molecular weight is 252 g/mol. The zero-order valence-corrected chi connectivity index (χ0v) is 11.4. The summed E-state index contributed by atoms with van der Waals surface area (Å²) in [6.07, 6.45) is 5.11. The minimum Gasteiger partial charge on any atom is -0.383 e. The summed E-state index contributed by atoms with van der Waals surface area (Å²) >= 11 is 0. The third kappa shape index (κ3) is 3.54. The highest BCUT2D eigenvalue weighted by Gasteiger charge is 2.19. The van der Waals surface area contributed by atoms with Gasteiger partial charge in [0.1, 0.15) is 5.82 Å². The summed E-state index contributed by atoms with van der Waals surface area (Å²) in [7, 11) is 1.77. The van der Waals surface area contributed by atoms with Gasteiger partial charge in [-0.1, -0.05) is 6.92 Å². The van der Waals surface area contributed by atoms with Gasteiger partial charge >= 0.3 is 0 Å². The molecule has 0 radical (unpaired) electrons. The maximum atomic E-state index is 5.29. The van der Waals surface area contributed by atoms with E-state index >= 15 is 0 Å². The zero-order chi connectivity index (χ0) is 12.8. The van der Waals surface area contributed by atoms with E-state index in [0.717, 1.165) is 45.8 Å². The molecule has 1 aromatic rings. The van der Waals surface area contributed by atoms with Crippen LogP contribution in [0.15, 0.2) is 12.4 Å². The third-order valence-corrected chi connectivity index (χ3v) is 3.35. The number of ether oxygens (including phenoxy) is 1. The molecule has 0 saturated carbocycles. The molecule has 2 rings (SSSR count). The molecule has 5 nitrogen and oxygen atoms in total. The second-order valence-corrected chi connectivity index (χ2v) is 4.88. The minimum absolute atomic E-state index is 0.413. The van der Waals surface area contributed by atoms with Crippen molar-refractivity contribution < 1.29 is 4.74 Å². The minimum atomic E-state index is 0.413. The average Bonchev–Trinajstić information content (AvgIpc) is 2.83. The van der Waals surface area contributed by atoms with Gasteiger partial charge in [0.25, 0.3) is 0 Å². The maximum absolute atomic E-state index is 5.29. The van der Waals surface area contributed by atoms with Crippen molar-refractivity contribution in [1.82, 2.24) is 19.8 Å². The molecule has 2 heterocycles. The number of methoxy groups -OCH3 is 1. The molecule has 1 atom stereocenters. The van der Waals surface area contributed by atoms with E-state index in [1.165, 1.54) is 5.82 Å². The van der Waals surface area contributed by atoms with Crippen molar-refractivity contribution in [3.8, 4) is 0 Å². The molecule has 102 valence electrons. The van der Waals surface area contributed by atoms with E-state index < -0.39 is 0 Å². The molecule has 0 fully saturated rings. The van der Waals surface area contributed by atoms with E-state index in [1.807, 2.05) is 6.20 Å². The van der Waals surface area contributed by atoms with Gasteiger partial charge in [-0.15, -0.1) is 0 Å². The first-order valence-electron chi connectivity index (χ1n) is 6.78. The van der Waals surface area contributed by atoms with Crippen molar-refractivity contribution >= 4 is 0 Å². The number of hydrogen-bond donors (Lipinski definition) is 1. The van der Waals surface area contributed by atoms with Crippen LogP contribution >= 0.6 is 0 Å². The molecule has 1 aliphatic rings. The third-order valence-electron chi connectivity index (χ3n) is 3.35. The first kappa shape index (κ1) is 13.5. The van der Waals surface area contributed by atoms with E-state index in [0.29, 0.717) is 6.04 Å². The Morgan fingerprint density at radius 3 is 3.17 bits per heavy atom. The van der Waals surface area contributed by atoms with Crippen molar-refractivity contribution in [1.29, 1.82) is 0 Å². The van der Waals surface area contributed by atoms with Crippen LogP contribution in [-0.2, 0) is 17.8 Å². The molecule has 1 aliphatic heterocycles. The number of aromatic nitrogens is 2. The first-order valence-corrected chi connectivity index (χ1v) is 6.78. The first-order chi connectivity index (χ1) is 8.83. The molecule has 0 spiro atoms. The van der Waals surface area contributed by atoms with Crippen molar-refractivity contribution in [2.24, 2.45) is 0 Å². The fourth-order valence-electron chi connectivity index (χ4n) is 2.42. The molecule has 18 heavy (non-hydrogen) atoms. The van der Waals surface area contributed by atoms with Crippen LogP contribution in [0.3, 0.4) is 0 Å². The van der Waals surface area contributed by atoms with Gasteiger partial charge in [-0.2, -0.15) is 0 Å². The Kier molecular flexibility index (Phi) is 5.16. The van der Waals surface area contributed by atoms with Gasteiger partial charge in [0.15, 0.2) is 0 Å². The SMILES string of the molecule is CCCNC(COC)CN1CCn2ccnc2C1. The van der Waals surface area contributed by atoms with E-state index in [4.69, 9.17) is 4.74 Å². The zero-order valence-electron chi connectivity index (χ0n) is 11.4. The molecule has 0 bridgehead atoms. The van der Waals surface area contributed by atoms with Crippen LogP contribution in [-0.4, -0.2) is 53.8 Å². The van der Waals surface area contributed by atoms with Crippen LogP contribution in [0.5, 0.6) is 0 Å². The smallest absolute Gasteiger partial charge is 0.122 e. The van der Waals surface area contributed by atoms with E-state index in [-0.39, 0.29) is 0 Å². The number of imidazole rings is 1. The summed E-state index contributed by atoms with van der Waals surface area (Å²) in [6, 6.07) is 0.413. The Labute approximate surface area is 109 Å². The number of hydrogen-bond acceptors (Lipinski definition) is 4. The van der Waals surface area contributed by atoms with Crippen molar-refractivity contribution in [2.45, 2.75) is 32.5 Å². The molecule has 5 heteroatoms. The molecule has 0 amide bonds. The van der Waals surface area contributed by atoms with Gasteiger partial charge in [-0.25, -0.2) is 4.98 Å². The Morgan fingerprint density at radius 1 is 1.50 bits per heavy atom. The Bertz CT molecular complexity index is 353. The molecular weight excluding hydrogens is 228 g/mol. The molecule has 1 N–H and O–H groups in total. The van der Waals surface area contributed by atoms with Crippen LogP contribution in [0.25, 0.3) is 0 Å². The molecule has 0 aliphatic carbocycles. The summed E-state index contributed by atoms with van der Waals surface area (Å²) in [6.45, 7) is 8.12.